The monoisotopic (exact) mass is 436 g/mol. The lowest BCUT2D eigenvalue weighted by molar-refractivity contribution is 0.476. The number of phenolic OH excluding ortho intramolecular Hbond substituents is 1. The summed E-state index contributed by atoms with van der Waals surface area (Å²) in [5.74, 6) is 0.437. The summed E-state index contributed by atoms with van der Waals surface area (Å²) in [6, 6.07) is 14.8. The molecular formula is C31H48O. The van der Waals surface area contributed by atoms with Crippen molar-refractivity contribution >= 4 is 0 Å². The van der Waals surface area contributed by atoms with Crippen LogP contribution in [0.15, 0.2) is 42.5 Å². The summed E-state index contributed by atoms with van der Waals surface area (Å²) in [5, 5.41) is 10.8. The lowest BCUT2D eigenvalue weighted by Crippen LogP contribution is -1.96. The van der Waals surface area contributed by atoms with E-state index in [1.165, 1.54) is 113 Å². The van der Waals surface area contributed by atoms with Gasteiger partial charge in [-0.2, -0.15) is 0 Å². The standard InChI is InChI=1S/C31H48O/c1-3-5-7-9-10-11-12-13-15-16-21-27-22-18-19-25-29(27)31-28(24-20-26-30(31)32)23-17-14-8-6-4-2/h18-20,22,24-26,32H,3-17,21,23H2,1-2H3. The van der Waals surface area contributed by atoms with Crippen LogP contribution in [-0.2, 0) is 12.8 Å². The molecule has 0 amide bonds. The number of benzene rings is 2. The molecular weight excluding hydrogens is 388 g/mol. The Morgan fingerprint density at radius 2 is 0.969 bits per heavy atom. The van der Waals surface area contributed by atoms with Crippen LogP contribution in [0.25, 0.3) is 11.1 Å². The van der Waals surface area contributed by atoms with E-state index in [0.29, 0.717) is 5.75 Å². The van der Waals surface area contributed by atoms with E-state index in [0.717, 1.165) is 18.4 Å². The predicted molar refractivity (Wildman–Crippen MR) is 142 cm³/mol. The molecule has 1 N–H and O–H groups in total. The van der Waals surface area contributed by atoms with Crippen molar-refractivity contribution in [2.45, 2.75) is 123 Å². The molecule has 0 bridgehead atoms. The molecule has 0 heterocycles. The molecule has 32 heavy (non-hydrogen) atoms. The summed E-state index contributed by atoms with van der Waals surface area (Å²) in [5.41, 5.74) is 5.01. The topological polar surface area (TPSA) is 20.2 Å². The van der Waals surface area contributed by atoms with E-state index in [4.69, 9.17) is 0 Å². The fourth-order valence-electron chi connectivity index (χ4n) is 4.81. The minimum Gasteiger partial charge on any atom is -0.507 e. The molecule has 0 radical (unpaired) electrons. The average molecular weight is 437 g/mol. The van der Waals surface area contributed by atoms with Gasteiger partial charge in [-0.15, -0.1) is 0 Å². The van der Waals surface area contributed by atoms with Crippen LogP contribution < -0.4 is 0 Å². The van der Waals surface area contributed by atoms with Crippen molar-refractivity contribution in [3.05, 3.63) is 53.6 Å². The van der Waals surface area contributed by atoms with Crippen molar-refractivity contribution in [2.75, 3.05) is 0 Å². The minimum atomic E-state index is 0.437. The highest BCUT2D eigenvalue weighted by molar-refractivity contribution is 5.76. The van der Waals surface area contributed by atoms with Crippen molar-refractivity contribution in [1.82, 2.24) is 0 Å². The van der Waals surface area contributed by atoms with Crippen LogP contribution in [0.5, 0.6) is 5.75 Å². The number of phenols is 1. The molecule has 0 spiro atoms. The molecule has 178 valence electrons. The van der Waals surface area contributed by atoms with Gasteiger partial charge >= 0.3 is 0 Å². The van der Waals surface area contributed by atoms with Crippen LogP contribution in [0.4, 0.5) is 0 Å². The normalized spacial score (nSPS) is 11.2. The molecule has 2 aromatic rings. The van der Waals surface area contributed by atoms with E-state index in [1.54, 1.807) is 0 Å². The predicted octanol–water partition coefficient (Wildman–Crippen LogP) is 10.0. The van der Waals surface area contributed by atoms with Gasteiger partial charge in [0, 0.05) is 5.56 Å². The fraction of sp³-hybridized carbons (Fsp3) is 0.613. The Kier molecular flexibility index (Phi) is 13.9. The molecule has 0 fully saturated rings. The second kappa shape index (κ2) is 16.8. The summed E-state index contributed by atoms with van der Waals surface area (Å²) in [6.45, 7) is 4.55. The van der Waals surface area contributed by atoms with Crippen LogP contribution in [0.1, 0.15) is 121 Å². The minimum absolute atomic E-state index is 0.437. The zero-order valence-corrected chi connectivity index (χ0v) is 21.0. The third-order valence-electron chi connectivity index (χ3n) is 6.76. The molecule has 0 atom stereocenters. The Bertz CT molecular complexity index is 733. The molecule has 0 saturated heterocycles. The Hall–Kier alpha value is -1.76. The Morgan fingerprint density at radius 1 is 0.500 bits per heavy atom. The lowest BCUT2D eigenvalue weighted by atomic mass is 9.90. The molecule has 0 aromatic heterocycles. The van der Waals surface area contributed by atoms with E-state index >= 15 is 0 Å². The highest BCUT2D eigenvalue weighted by Gasteiger charge is 2.13. The van der Waals surface area contributed by atoms with Crippen LogP contribution in [0.3, 0.4) is 0 Å². The van der Waals surface area contributed by atoms with Crippen LogP contribution in [0, 0.1) is 0 Å². The van der Waals surface area contributed by atoms with Crippen molar-refractivity contribution in [2.24, 2.45) is 0 Å². The molecule has 0 unspecified atom stereocenters. The zero-order chi connectivity index (χ0) is 22.9. The van der Waals surface area contributed by atoms with Gasteiger partial charge < -0.3 is 5.11 Å². The number of aryl methyl sites for hydroxylation is 2. The van der Waals surface area contributed by atoms with Gasteiger partial charge in [0.15, 0.2) is 0 Å². The van der Waals surface area contributed by atoms with Gasteiger partial charge in [-0.1, -0.05) is 134 Å². The quantitative estimate of drug-likeness (QED) is 0.230. The van der Waals surface area contributed by atoms with Crippen molar-refractivity contribution in [1.29, 1.82) is 0 Å². The lowest BCUT2D eigenvalue weighted by Gasteiger charge is -2.16. The highest BCUT2D eigenvalue weighted by Crippen LogP contribution is 2.36. The average Bonchev–Trinajstić information content (AvgIpc) is 2.81. The first kappa shape index (κ1) is 26.5. The number of rotatable bonds is 18. The molecule has 0 aliphatic carbocycles. The summed E-state index contributed by atoms with van der Waals surface area (Å²) in [7, 11) is 0. The smallest absolute Gasteiger partial charge is 0.123 e. The third kappa shape index (κ3) is 9.80. The van der Waals surface area contributed by atoms with Crippen LogP contribution in [0.2, 0.25) is 0 Å². The summed E-state index contributed by atoms with van der Waals surface area (Å²) in [4.78, 5) is 0. The van der Waals surface area contributed by atoms with Crippen LogP contribution >= 0.6 is 0 Å². The first-order chi connectivity index (χ1) is 15.8. The van der Waals surface area contributed by atoms with E-state index < -0.39 is 0 Å². The van der Waals surface area contributed by atoms with Gasteiger partial charge in [-0.3, -0.25) is 0 Å². The Labute approximate surface area is 198 Å². The first-order valence-corrected chi connectivity index (χ1v) is 13.7. The van der Waals surface area contributed by atoms with Gasteiger partial charge in [0.25, 0.3) is 0 Å². The molecule has 0 saturated carbocycles. The largest absolute Gasteiger partial charge is 0.507 e. The maximum atomic E-state index is 10.8. The van der Waals surface area contributed by atoms with Gasteiger partial charge in [0.05, 0.1) is 0 Å². The number of hydrogen-bond acceptors (Lipinski definition) is 1. The molecule has 0 aliphatic heterocycles. The molecule has 0 aliphatic rings. The van der Waals surface area contributed by atoms with Crippen LogP contribution in [-0.4, -0.2) is 5.11 Å². The van der Waals surface area contributed by atoms with Gasteiger partial charge in [0.2, 0.25) is 0 Å². The number of unbranched alkanes of at least 4 members (excludes halogenated alkanes) is 13. The molecule has 2 aromatic carbocycles. The van der Waals surface area contributed by atoms with Gasteiger partial charge in [0.1, 0.15) is 5.75 Å². The molecule has 2 rings (SSSR count). The van der Waals surface area contributed by atoms with E-state index in [2.05, 4.69) is 44.2 Å². The Morgan fingerprint density at radius 3 is 1.56 bits per heavy atom. The fourth-order valence-corrected chi connectivity index (χ4v) is 4.81. The SMILES string of the molecule is CCCCCCCCCCCCc1ccccc1-c1c(O)cccc1CCCCCCC. The van der Waals surface area contributed by atoms with E-state index in [9.17, 15) is 5.11 Å². The Balaban J connectivity index is 1.87. The van der Waals surface area contributed by atoms with E-state index in [-0.39, 0.29) is 0 Å². The first-order valence-electron chi connectivity index (χ1n) is 13.7. The maximum absolute atomic E-state index is 10.8. The molecule has 1 heteroatoms. The third-order valence-corrected chi connectivity index (χ3v) is 6.76. The summed E-state index contributed by atoms with van der Waals surface area (Å²) < 4.78 is 0. The summed E-state index contributed by atoms with van der Waals surface area (Å²) >= 11 is 0. The summed E-state index contributed by atoms with van der Waals surface area (Å²) in [6.07, 6.45) is 22.3. The zero-order valence-electron chi connectivity index (χ0n) is 21.0. The van der Waals surface area contributed by atoms with Crippen molar-refractivity contribution in [3.8, 4) is 16.9 Å². The molecule has 1 nitrogen and oxygen atoms in total. The van der Waals surface area contributed by atoms with Gasteiger partial charge in [-0.25, -0.2) is 0 Å². The number of hydrogen-bond donors (Lipinski definition) is 1. The van der Waals surface area contributed by atoms with Crippen molar-refractivity contribution < 1.29 is 5.11 Å². The highest BCUT2D eigenvalue weighted by atomic mass is 16.3. The van der Waals surface area contributed by atoms with Gasteiger partial charge in [-0.05, 0) is 48.4 Å². The number of aromatic hydroxyl groups is 1. The van der Waals surface area contributed by atoms with E-state index in [1.807, 2.05) is 12.1 Å². The second-order valence-corrected chi connectivity index (χ2v) is 9.56. The van der Waals surface area contributed by atoms with Crippen molar-refractivity contribution in [3.63, 3.8) is 0 Å². The maximum Gasteiger partial charge on any atom is 0.123 e. The second-order valence-electron chi connectivity index (χ2n) is 9.56.